The van der Waals surface area contributed by atoms with Gasteiger partial charge in [-0.05, 0) is 13.6 Å². The van der Waals surface area contributed by atoms with E-state index in [-0.39, 0.29) is 0 Å². The SMILES string of the molecule is CCN(C)Cc1nnsc1NC. The molecule has 0 saturated heterocycles. The number of nitrogens with zero attached hydrogens (tertiary/aromatic N) is 3. The normalized spacial score (nSPS) is 10.7. The molecule has 5 heteroatoms. The van der Waals surface area contributed by atoms with E-state index in [9.17, 15) is 0 Å². The van der Waals surface area contributed by atoms with Crippen LogP contribution in [0.3, 0.4) is 0 Å². The van der Waals surface area contributed by atoms with Crippen molar-refractivity contribution < 1.29 is 0 Å². The van der Waals surface area contributed by atoms with Crippen LogP contribution in [0.25, 0.3) is 0 Å². The molecule has 1 aromatic rings. The van der Waals surface area contributed by atoms with E-state index >= 15 is 0 Å². The Labute approximate surface area is 76.8 Å². The van der Waals surface area contributed by atoms with E-state index in [0.717, 1.165) is 23.8 Å². The summed E-state index contributed by atoms with van der Waals surface area (Å²) in [5.41, 5.74) is 1.03. The predicted molar refractivity (Wildman–Crippen MR) is 51.5 cm³/mol. The minimum atomic E-state index is 0.864. The van der Waals surface area contributed by atoms with Crippen molar-refractivity contribution in [2.45, 2.75) is 13.5 Å². The summed E-state index contributed by atoms with van der Waals surface area (Å²) in [4.78, 5) is 2.19. The second-order valence-corrected chi connectivity index (χ2v) is 3.38. The van der Waals surface area contributed by atoms with Crippen LogP contribution >= 0.6 is 11.5 Å². The lowest BCUT2D eigenvalue weighted by atomic mass is 10.4. The molecule has 0 unspecified atom stereocenters. The van der Waals surface area contributed by atoms with Crippen LogP contribution in [0.5, 0.6) is 0 Å². The number of hydrogen-bond donors (Lipinski definition) is 1. The standard InChI is InChI=1S/C7H14N4S/c1-4-11(3)5-6-7(8-2)12-10-9-6/h8H,4-5H2,1-3H3. The van der Waals surface area contributed by atoms with Crippen LogP contribution in [0.4, 0.5) is 5.00 Å². The van der Waals surface area contributed by atoms with E-state index < -0.39 is 0 Å². The summed E-state index contributed by atoms with van der Waals surface area (Å²) in [5, 5.41) is 8.18. The molecule has 0 aromatic carbocycles. The minimum Gasteiger partial charge on any atom is -0.377 e. The van der Waals surface area contributed by atoms with Crippen molar-refractivity contribution in [1.29, 1.82) is 0 Å². The first-order valence-electron chi connectivity index (χ1n) is 3.95. The zero-order chi connectivity index (χ0) is 8.97. The molecule has 0 saturated carbocycles. The fourth-order valence-corrected chi connectivity index (χ4v) is 1.39. The maximum absolute atomic E-state index is 4.04. The molecule has 1 heterocycles. The van der Waals surface area contributed by atoms with Crippen LogP contribution in [0, 0.1) is 0 Å². The van der Waals surface area contributed by atoms with Crippen LogP contribution < -0.4 is 5.32 Å². The monoisotopic (exact) mass is 186 g/mol. The molecular weight excluding hydrogens is 172 g/mol. The third-order valence-corrected chi connectivity index (χ3v) is 2.53. The predicted octanol–water partition coefficient (Wildman–Crippen LogP) is 1.03. The molecule has 4 nitrogen and oxygen atoms in total. The molecule has 0 fully saturated rings. The summed E-state index contributed by atoms with van der Waals surface area (Å²) in [5.74, 6) is 0. The first-order valence-corrected chi connectivity index (χ1v) is 4.72. The number of nitrogens with one attached hydrogen (secondary N) is 1. The van der Waals surface area contributed by atoms with E-state index in [1.807, 2.05) is 7.05 Å². The fourth-order valence-electron chi connectivity index (χ4n) is 0.869. The highest BCUT2D eigenvalue weighted by Gasteiger charge is 2.07. The van der Waals surface area contributed by atoms with Crippen LogP contribution in [-0.2, 0) is 6.54 Å². The molecule has 0 aliphatic heterocycles. The molecule has 0 spiro atoms. The zero-order valence-electron chi connectivity index (χ0n) is 7.66. The third kappa shape index (κ3) is 2.15. The molecule has 0 amide bonds. The summed E-state index contributed by atoms with van der Waals surface area (Å²) in [6.45, 7) is 4.02. The van der Waals surface area contributed by atoms with Crippen LogP contribution in [0.1, 0.15) is 12.6 Å². The van der Waals surface area contributed by atoms with Gasteiger partial charge in [0.2, 0.25) is 0 Å². The van der Waals surface area contributed by atoms with Crippen LogP contribution in [0.2, 0.25) is 0 Å². The van der Waals surface area contributed by atoms with Crippen molar-refractivity contribution in [2.75, 3.05) is 26.0 Å². The maximum Gasteiger partial charge on any atom is 0.134 e. The molecular formula is C7H14N4S. The Bertz CT molecular complexity index is 235. The largest absolute Gasteiger partial charge is 0.377 e. The average molecular weight is 186 g/mol. The van der Waals surface area contributed by atoms with Gasteiger partial charge in [0.05, 0.1) is 0 Å². The topological polar surface area (TPSA) is 41.1 Å². The summed E-state index contributed by atoms with van der Waals surface area (Å²) in [6, 6.07) is 0. The minimum absolute atomic E-state index is 0.864. The zero-order valence-corrected chi connectivity index (χ0v) is 8.48. The molecule has 0 atom stereocenters. The number of aromatic nitrogens is 2. The van der Waals surface area contributed by atoms with Gasteiger partial charge in [-0.2, -0.15) is 0 Å². The van der Waals surface area contributed by atoms with Gasteiger partial charge in [0, 0.05) is 25.1 Å². The summed E-state index contributed by atoms with van der Waals surface area (Å²) >= 11 is 1.40. The van der Waals surface area contributed by atoms with Gasteiger partial charge in [0.1, 0.15) is 10.7 Å². The number of hydrogen-bond acceptors (Lipinski definition) is 5. The lowest BCUT2D eigenvalue weighted by Gasteiger charge is -2.11. The van der Waals surface area contributed by atoms with Crippen molar-refractivity contribution in [3.05, 3.63) is 5.69 Å². The third-order valence-electron chi connectivity index (χ3n) is 1.74. The van der Waals surface area contributed by atoms with Gasteiger partial charge >= 0.3 is 0 Å². The smallest absolute Gasteiger partial charge is 0.134 e. The Hall–Kier alpha value is -0.680. The molecule has 12 heavy (non-hydrogen) atoms. The number of anilines is 1. The Morgan fingerprint density at radius 1 is 1.58 bits per heavy atom. The molecule has 1 rings (SSSR count). The summed E-state index contributed by atoms with van der Waals surface area (Å²) in [6.07, 6.45) is 0. The van der Waals surface area contributed by atoms with Crippen LogP contribution in [-0.4, -0.2) is 35.1 Å². The summed E-state index contributed by atoms with van der Waals surface area (Å²) < 4.78 is 3.88. The maximum atomic E-state index is 4.04. The van der Waals surface area contributed by atoms with Crippen LogP contribution in [0.15, 0.2) is 0 Å². The van der Waals surface area contributed by atoms with E-state index in [4.69, 9.17) is 0 Å². The molecule has 1 N–H and O–H groups in total. The first-order chi connectivity index (χ1) is 5.77. The lowest BCUT2D eigenvalue weighted by molar-refractivity contribution is 0.341. The molecule has 0 aliphatic carbocycles. The summed E-state index contributed by atoms with van der Waals surface area (Å²) in [7, 11) is 3.96. The van der Waals surface area contributed by atoms with Crippen molar-refractivity contribution in [2.24, 2.45) is 0 Å². The Kier molecular flexibility index (Phi) is 3.43. The quantitative estimate of drug-likeness (QED) is 0.762. The van der Waals surface area contributed by atoms with Gasteiger partial charge in [-0.15, -0.1) is 5.10 Å². The van der Waals surface area contributed by atoms with Crippen molar-refractivity contribution in [1.82, 2.24) is 14.5 Å². The first kappa shape index (κ1) is 9.41. The molecule has 68 valence electrons. The Morgan fingerprint density at radius 2 is 2.33 bits per heavy atom. The van der Waals surface area contributed by atoms with Crippen molar-refractivity contribution in [3.63, 3.8) is 0 Å². The van der Waals surface area contributed by atoms with Gasteiger partial charge in [0.15, 0.2) is 0 Å². The van der Waals surface area contributed by atoms with Crippen molar-refractivity contribution >= 4 is 16.5 Å². The molecule has 0 bridgehead atoms. The molecule has 1 aromatic heterocycles. The lowest BCUT2D eigenvalue weighted by Crippen LogP contribution is -2.17. The van der Waals surface area contributed by atoms with Gasteiger partial charge in [-0.3, -0.25) is 0 Å². The average Bonchev–Trinajstić information content (AvgIpc) is 2.51. The van der Waals surface area contributed by atoms with E-state index in [1.165, 1.54) is 11.5 Å². The van der Waals surface area contributed by atoms with E-state index in [0.29, 0.717) is 0 Å². The van der Waals surface area contributed by atoms with Crippen molar-refractivity contribution in [3.8, 4) is 0 Å². The molecule has 0 radical (unpaired) electrons. The fraction of sp³-hybridized carbons (Fsp3) is 0.714. The van der Waals surface area contributed by atoms with E-state index in [1.54, 1.807) is 0 Å². The van der Waals surface area contributed by atoms with Gasteiger partial charge in [0.25, 0.3) is 0 Å². The number of rotatable bonds is 4. The van der Waals surface area contributed by atoms with Gasteiger partial charge in [-0.1, -0.05) is 11.4 Å². The highest BCUT2D eigenvalue weighted by Crippen LogP contribution is 2.17. The Balaban J connectivity index is 2.61. The second kappa shape index (κ2) is 4.37. The Morgan fingerprint density at radius 3 is 2.92 bits per heavy atom. The van der Waals surface area contributed by atoms with Gasteiger partial charge in [-0.25, -0.2) is 0 Å². The second-order valence-electron chi connectivity index (χ2n) is 2.63. The van der Waals surface area contributed by atoms with Gasteiger partial charge < -0.3 is 10.2 Å². The molecule has 0 aliphatic rings. The highest BCUT2D eigenvalue weighted by atomic mass is 32.1. The highest BCUT2D eigenvalue weighted by molar-refractivity contribution is 7.10. The van der Waals surface area contributed by atoms with E-state index in [2.05, 4.69) is 33.8 Å².